The first-order valence-electron chi connectivity index (χ1n) is 4.21. The summed E-state index contributed by atoms with van der Waals surface area (Å²) >= 11 is 0. The number of nitrogens with zero attached hydrogens (tertiary/aromatic N) is 2. The Morgan fingerprint density at radius 3 is 2.87 bits per heavy atom. The standard InChI is InChI=1S/C10H10N2O3/c1-14-9-7(3-5-11)8(4-6-12-9)10(13)15-2/h4,6H,3H2,1-2H3. The predicted molar refractivity (Wildman–Crippen MR) is 51.4 cm³/mol. The van der Waals surface area contributed by atoms with Crippen LogP contribution in [0.3, 0.4) is 0 Å². The van der Waals surface area contributed by atoms with Gasteiger partial charge >= 0.3 is 5.97 Å². The summed E-state index contributed by atoms with van der Waals surface area (Å²) < 4.78 is 9.55. The average Bonchev–Trinajstić information content (AvgIpc) is 2.28. The van der Waals surface area contributed by atoms with E-state index in [0.717, 1.165) is 0 Å². The first kappa shape index (κ1) is 11.0. The third kappa shape index (κ3) is 2.23. The number of carbonyl (C=O) groups excluding carboxylic acids is 1. The lowest BCUT2D eigenvalue weighted by molar-refractivity contribution is 0.0599. The molecule has 78 valence electrons. The van der Waals surface area contributed by atoms with E-state index < -0.39 is 5.97 Å². The van der Waals surface area contributed by atoms with Crippen LogP contribution in [0.1, 0.15) is 15.9 Å². The van der Waals surface area contributed by atoms with Crippen LogP contribution in [0, 0.1) is 11.3 Å². The second-order valence-corrected chi connectivity index (χ2v) is 2.67. The first-order valence-corrected chi connectivity index (χ1v) is 4.21. The lowest BCUT2D eigenvalue weighted by Crippen LogP contribution is -2.08. The molecule has 1 aromatic heterocycles. The number of aromatic nitrogens is 1. The number of esters is 1. The minimum atomic E-state index is -0.499. The van der Waals surface area contributed by atoms with Gasteiger partial charge in [-0.05, 0) is 6.07 Å². The van der Waals surface area contributed by atoms with Gasteiger partial charge in [0.05, 0.1) is 32.3 Å². The molecule has 1 rings (SSSR count). The van der Waals surface area contributed by atoms with Gasteiger partial charge in [0.2, 0.25) is 5.88 Å². The number of hydrogen-bond acceptors (Lipinski definition) is 5. The van der Waals surface area contributed by atoms with Crippen molar-refractivity contribution in [1.82, 2.24) is 4.98 Å². The Balaban J connectivity index is 3.26. The monoisotopic (exact) mass is 206 g/mol. The maximum atomic E-state index is 11.4. The van der Waals surface area contributed by atoms with Gasteiger partial charge < -0.3 is 9.47 Å². The lowest BCUT2D eigenvalue weighted by atomic mass is 10.1. The quantitative estimate of drug-likeness (QED) is 0.688. The molecule has 0 aliphatic rings. The minimum Gasteiger partial charge on any atom is -0.481 e. The molecule has 0 aromatic carbocycles. The summed E-state index contributed by atoms with van der Waals surface area (Å²) in [5, 5.41) is 8.63. The van der Waals surface area contributed by atoms with Gasteiger partial charge in [-0.15, -0.1) is 0 Å². The van der Waals surface area contributed by atoms with Crippen LogP contribution in [0.4, 0.5) is 0 Å². The molecule has 0 N–H and O–H groups in total. The highest BCUT2D eigenvalue weighted by Crippen LogP contribution is 2.20. The van der Waals surface area contributed by atoms with Crippen molar-refractivity contribution in [2.45, 2.75) is 6.42 Å². The molecule has 0 bridgehead atoms. The first-order chi connectivity index (χ1) is 7.24. The zero-order valence-electron chi connectivity index (χ0n) is 8.48. The molecule has 0 spiro atoms. The van der Waals surface area contributed by atoms with Crippen molar-refractivity contribution < 1.29 is 14.3 Å². The molecule has 0 unspecified atom stereocenters. The average molecular weight is 206 g/mol. The molecular weight excluding hydrogens is 196 g/mol. The smallest absolute Gasteiger partial charge is 0.338 e. The largest absolute Gasteiger partial charge is 0.481 e. The van der Waals surface area contributed by atoms with Gasteiger partial charge in [-0.2, -0.15) is 5.26 Å². The third-order valence-corrected chi connectivity index (χ3v) is 1.87. The van der Waals surface area contributed by atoms with Gasteiger partial charge in [0.25, 0.3) is 0 Å². The van der Waals surface area contributed by atoms with Gasteiger partial charge in [-0.25, -0.2) is 9.78 Å². The van der Waals surface area contributed by atoms with E-state index in [1.54, 1.807) is 0 Å². The van der Waals surface area contributed by atoms with E-state index in [4.69, 9.17) is 10.00 Å². The molecule has 15 heavy (non-hydrogen) atoms. The highest BCUT2D eigenvalue weighted by molar-refractivity contribution is 5.91. The number of carbonyl (C=O) groups is 1. The van der Waals surface area contributed by atoms with E-state index >= 15 is 0 Å². The Kier molecular flexibility index (Phi) is 3.63. The van der Waals surface area contributed by atoms with Crippen LogP contribution in [-0.2, 0) is 11.2 Å². The molecule has 0 atom stereocenters. The van der Waals surface area contributed by atoms with Crippen LogP contribution in [0.25, 0.3) is 0 Å². The Labute approximate surface area is 87.3 Å². The lowest BCUT2D eigenvalue weighted by Gasteiger charge is -2.08. The minimum absolute atomic E-state index is 0.0570. The molecule has 0 saturated heterocycles. The zero-order chi connectivity index (χ0) is 11.3. The molecule has 5 heteroatoms. The maximum absolute atomic E-state index is 11.4. The van der Waals surface area contributed by atoms with Crippen LogP contribution in [0.5, 0.6) is 5.88 Å². The summed E-state index contributed by atoms with van der Waals surface area (Å²) in [7, 11) is 2.72. The topological polar surface area (TPSA) is 72.2 Å². The van der Waals surface area contributed by atoms with Crippen molar-refractivity contribution in [3.8, 4) is 11.9 Å². The van der Waals surface area contributed by atoms with Crippen molar-refractivity contribution >= 4 is 5.97 Å². The third-order valence-electron chi connectivity index (χ3n) is 1.87. The molecule has 0 amide bonds. The van der Waals surface area contributed by atoms with Crippen LogP contribution in [0.2, 0.25) is 0 Å². The van der Waals surface area contributed by atoms with E-state index in [1.165, 1.54) is 26.5 Å². The zero-order valence-corrected chi connectivity index (χ0v) is 8.48. The Morgan fingerprint density at radius 2 is 2.33 bits per heavy atom. The van der Waals surface area contributed by atoms with E-state index in [2.05, 4.69) is 9.72 Å². The molecule has 0 radical (unpaired) electrons. The number of methoxy groups -OCH3 is 2. The highest BCUT2D eigenvalue weighted by Gasteiger charge is 2.16. The highest BCUT2D eigenvalue weighted by atomic mass is 16.5. The molecule has 0 saturated carbocycles. The summed E-state index contributed by atoms with van der Waals surface area (Å²) in [5.74, 6) is -0.222. The molecule has 0 fully saturated rings. The summed E-state index contributed by atoms with van der Waals surface area (Å²) in [6.45, 7) is 0. The van der Waals surface area contributed by atoms with Gasteiger partial charge in [0.1, 0.15) is 0 Å². The fourth-order valence-electron chi connectivity index (χ4n) is 1.20. The van der Waals surface area contributed by atoms with Gasteiger partial charge in [-0.1, -0.05) is 0 Å². The number of nitriles is 1. The van der Waals surface area contributed by atoms with Crippen molar-refractivity contribution in [3.05, 3.63) is 23.4 Å². The molecule has 1 aromatic rings. The van der Waals surface area contributed by atoms with Crippen molar-refractivity contribution in [3.63, 3.8) is 0 Å². The summed E-state index contributed by atoms with van der Waals surface area (Å²) in [4.78, 5) is 15.3. The van der Waals surface area contributed by atoms with E-state index in [1.807, 2.05) is 6.07 Å². The van der Waals surface area contributed by atoms with Crippen LogP contribution >= 0.6 is 0 Å². The summed E-state index contributed by atoms with van der Waals surface area (Å²) in [6, 6.07) is 3.45. The van der Waals surface area contributed by atoms with Crippen molar-refractivity contribution in [2.75, 3.05) is 14.2 Å². The second-order valence-electron chi connectivity index (χ2n) is 2.67. The van der Waals surface area contributed by atoms with Crippen LogP contribution in [-0.4, -0.2) is 25.2 Å². The Hall–Kier alpha value is -2.09. The van der Waals surface area contributed by atoms with E-state index in [-0.39, 0.29) is 12.3 Å². The number of ether oxygens (including phenoxy) is 2. The molecular formula is C10H10N2O3. The normalized spacial score (nSPS) is 9.13. The van der Waals surface area contributed by atoms with Gasteiger partial charge in [0, 0.05) is 11.8 Å². The predicted octanol–water partition coefficient (Wildman–Crippen LogP) is 0.943. The Bertz CT molecular complexity index is 410. The fourth-order valence-corrected chi connectivity index (χ4v) is 1.20. The fraction of sp³-hybridized carbons (Fsp3) is 0.300. The molecule has 0 aliphatic heterocycles. The van der Waals surface area contributed by atoms with E-state index in [9.17, 15) is 4.79 Å². The van der Waals surface area contributed by atoms with Crippen LogP contribution in [0.15, 0.2) is 12.3 Å². The van der Waals surface area contributed by atoms with Crippen molar-refractivity contribution in [2.24, 2.45) is 0 Å². The van der Waals surface area contributed by atoms with Crippen molar-refractivity contribution in [1.29, 1.82) is 5.26 Å². The van der Waals surface area contributed by atoms with Gasteiger partial charge in [0.15, 0.2) is 0 Å². The number of pyridine rings is 1. The maximum Gasteiger partial charge on any atom is 0.338 e. The number of rotatable bonds is 3. The number of hydrogen-bond donors (Lipinski definition) is 0. The summed E-state index contributed by atoms with van der Waals surface area (Å²) in [6.07, 6.45) is 1.49. The van der Waals surface area contributed by atoms with E-state index in [0.29, 0.717) is 11.1 Å². The van der Waals surface area contributed by atoms with Crippen LogP contribution < -0.4 is 4.74 Å². The Morgan fingerprint density at radius 1 is 1.60 bits per heavy atom. The van der Waals surface area contributed by atoms with Gasteiger partial charge in [-0.3, -0.25) is 0 Å². The SMILES string of the molecule is COC(=O)c1ccnc(OC)c1CC#N. The molecule has 5 nitrogen and oxygen atoms in total. The molecule has 0 aliphatic carbocycles. The summed E-state index contributed by atoms with van der Waals surface area (Å²) in [5.41, 5.74) is 0.764. The molecule has 1 heterocycles. The second kappa shape index (κ2) is 4.96.